The third-order valence-electron chi connectivity index (χ3n) is 14.5. The highest BCUT2D eigenvalue weighted by Crippen LogP contribution is 2.36. The number of allylic oxidation sites excluding steroid dienone is 1. The predicted octanol–water partition coefficient (Wildman–Crippen LogP) is 4.40. The van der Waals surface area contributed by atoms with Crippen LogP contribution in [0.25, 0.3) is 16.1 Å². The fraction of sp³-hybridized carbons (Fsp3) is 0.500. The monoisotopic (exact) mass is 975 g/mol. The van der Waals surface area contributed by atoms with Gasteiger partial charge in [-0.25, -0.2) is 15.0 Å². The van der Waals surface area contributed by atoms with Crippen LogP contribution in [0.15, 0.2) is 84.0 Å². The maximum Gasteiger partial charge on any atom is 0.246 e. The van der Waals surface area contributed by atoms with Crippen LogP contribution in [0.5, 0.6) is 5.75 Å². The summed E-state index contributed by atoms with van der Waals surface area (Å²) in [6.07, 6.45) is 10.1. The number of amides is 3. The number of hydrogen-bond acceptors (Lipinski definition) is 15. The highest BCUT2D eigenvalue weighted by molar-refractivity contribution is 7.13. The van der Waals surface area contributed by atoms with Crippen LogP contribution in [0, 0.1) is 24.2 Å². The first-order valence-electron chi connectivity index (χ1n) is 24.5. The number of fused-ring (bicyclic) bond motifs is 2. The Labute approximate surface area is 415 Å². The van der Waals surface area contributed by atoms with Crippen LogP contribution in [-0.2, 0) is 27.5 Å². The summed E-state index contributed by atoms with van der Waals surface area (Å²) in [5.74, 6) is 0.331. The highest BCUT2D eigenvalue weighted by Gasteiger charge is 2.46. The Bertz CT molecular complexity index is 2530. The molecule has 374 valence electrons. The molecular weight excluding hydrogens is 905 g/mol. The van der Waals surface area contributed by atoms with Crippen LogP contribution in [0.2, 0.25) is 0 Å². The van der Waals surface area contributed by atoms with Gasteiger partial charge in [-0.1, -0.05) is 57.2 Å². The number of aromatic nitrogens is 3. The van der Waals surface area contributed by atoms with Gasteiger partial charge in [0, 0.05) is 92.9 Å². The lowest BCUT2D eigenvalue weighted by Gasteiger charge is -2.42. The maximum atomic E-state index is 14.3. The normalized spacial score (nSPS) is 23.1. The van der Waals surface area contributed by atoms with Crippen molar-refractivity contribution in [1.82, 2.24) is 40.3 Å². The minimum atomic E-state index is -0.870. The molecule has 2 aromatic heterocycles. The Morgan fingerprint density at radius 2 is 1.57 bits per heavy atom. The minimum absolute atomic E-state index is 0.0270. The summed E-state index contributed by atoms with van der Waals surface area (Å²) >= 11 is 1.58. The molecule has 2 aromatic carbocycles. The lowest BCUT2D eigenvalue weighted by Crippen LogP contribution is -2.58. The number of likely N-dealkylation sites (tertiary alicyclic amines) is 2. The van der Waals surface area contributed by atoms with E-state index in [9.17, 15) is 24.6 Å². The molecule has 3 saturated heterocycles. The molecule has 1 saturated carbocycles. The van der Waals surface area contributed by atoms with E-state index in [-0.39, 0.29) is 66.8 Å². The lowest BCUT2D eigenvalue weighted by atomic mass is 9.80. The predicted molar refractivity (Wildman–Crippen MR) is 272 cm³/mol. The number of aliphatic hydroxyl groups excluding tert-OH is 1. The Hall–Kier alpha value is -6.24. The second-order valence-corrected chi connectivity index (χ2v) is 21.7. The van der Waals surface area contributed by atoms with Gasteiger partial charge in [0.1, 0.15) is 23.7 Å². The second-order valence-electron chi connectivity index (χ2n) is 20.8. The van der Waals surface area contributed by atoms with Gasteiger partial charge in [-0.2, -0.15) is 0 Å². The third-order valence-corrected chi connectivity index (χ3v) is 15.5. The van der Waals surface area contributed by atoms with Crippen LogP contribution in [0.4, 0.5) is 5.95 Å². The second kappa shape index (κ2) is 21.4. The fourth-order valence-corrected chi connectivity index (χ4v) is 11.6. The van der Waals surface area contributed by atoms with Crippen molar-refractivity contribution in [2.75, 3.05) is 38.1 Å². The number of para-hydroxylation sites is 1. The Morgan fingerprint density at radius 1 is 0.900 bits per heavy atom. The minimum Gasteiger partial charge on any atom is -0.507 e. The number of nitrogens with two attached hydrogens (primary N) is 3. The Morgan fingerprint density at radius 3 is 2.19 bits per heavy atom. The van der Waals surface area contributed by atoms with Gasteiger partial charge in [0.15, 0.2) is 0 Å². The molecule has 17 nitrogen and oxygen atoms in total. The van der Waals surface area contributed by atoms with Gasteiger partial charge < -0.3 is 57.6 Å². The van der Waals surface area contributed by atoms with Crippen molar-refractivity contribution in [3.05, 3.63) is 106 Å². The first kappa shape index (κ1) is 50.2. The number of benzene rings is 2. The average Bonchev–Trinajstić information content (AvgIpc) is 4.02. The van der Waals surface area contributed by atoms with Gasteiger partial charge in [-0.15, -0.1) is 11.3 Å². The van der Waals surface area contributed by atoms with E-state index in [1.807, 2.05) is 75.9 Å². The molecule has 3 aliphatic heterocycles. The quantitative estimate of drug-likeness (QED) is 0.0817. The molecule has 2 bridgehead atoms. The number of nitrogens with zero attached hydrogens (tertiary/aromatic N) is 7. The maximum absolute atomic E-state index is 14.3. The van der Waals surface area contributed by atoms with Crippen LogP contribution in [0.1, 0.15) is 88.1 Å². The largest absolute Gasteiger partial charge is 0.507 e. The van der Waals surface area contributed by atoms with Gasteiger partial charge in [-0.05, 0) is 93.2 Å². The van der Waals surface area contributed by atoms with Crippen LogP contribution in [-0.4, -0.2) is 121 Å². The summed E-state index contributed by atoms with van der Waals surface area (Å²) in [4.78, 5) is 65.1. The van der Waals surface area contributed by atoms with E-state index in [2.05, 4.69) is 37.4 Å². The van der Waals surface area contributed by atoms with Crippen molar-refractivity contribution in [2.45, 2.75) is 116 Å². The topological polar surface area (TPSA) is 245 Å². The number of nitrogens with one attached hydrogen (secondary N) is 2. The van der Waals surface area contributed by atoms with Crippen molar-refractivity contribution in [2.24, 2.45) is 34.5 Å². The third kappa shape index (κ3) is 11.5. The van der Waals surface area contributed by atoms with Gasteiger partial charge in [-0.3, -0.25) is 14.4 Å². The van der Waals surface area contributed by atoms with Crippen LogP contribution in [0.3, 0.4) is 0 Å². The van der Waals surface area contributed by atoms with E-state index < -0.39 is 23.6 Å². The number of anilines is 1. The fourth-order valence-electron chi connectivity index (χ4n) is 10.8. The zero-order chi connectivity index (χ0) is 49.9. The molecule has 0 spiro atoms. The van der Waals surface area contributed by atoms with Crippen LogP contribution >= 0.6 is 11.3 Å². The van der Waals surface area contributed by atoms with E-state index in [1.54, 1.807) is 35.6 Å². The molecule has 5 atom stereocenters. The number of phenolic OH excluding ortho intramolecular Hbond substituents is 1. The molecule has 2 unspecified atom stereocenters. The molecule has 70 heavy (non-hydrogen) atoms. The molecular formula is C52H70N12O5S. The van der Waals surface area contributed by atoms with E-state index in [0.717, 1.165) is 72.3 Å². The average molecular weight is 975 g/mol. The molecule has 5 heterocycles. The van der Waals surface area contributed by atoms with Gasteiger partial charge >= 0.3 is 0 Å². The number of thiazole rings is 1. The summed E-state index contributed by atoms with van der Waals surface area (Å²) < 4.78 is 0. The Balaban J connectivity index is 0.796. The Kier molecular flexibility index (Phi) is 15.3. The number of β-amino-alcohol motifs (C(OH)–C–C–N with tert-alkyl or cyclic N) is 1. The van der Waals surface area contributed by atoms with E-state index in [0.29, 0.717) is 48.5 Å². The smallest absolute Gasteiger partial charge is 0.246 e. The summed E-state index contributed by atoms with van der Waals surface area (Å²) in [7, 11) is 2.10. The molecule has 10 N–H and O–H groups in total. The van der Waals surface area contributed by atoms with E-state index in [1.165, 1.54) is 4.90 Å². The zero-order valence-electron chi connectivity index (χ0n) is 41.1. The van der Waals surface area contributed by atoms with Crippen molar-refractivity contribution in [3.8, 4) is 16.2 Å². The summed E-state index contributed by atoms with van der Waals surface area (Å²) in [6, 6.07) is 13.5. The molecule has 8 rings (SSSR count). The number of aryl methyl sites for hydroxylation is 1. The molecule has 4 fully saturated rings. The lowest BCUT2D eigenvalue weighted by molar-refractivity contribution is -0.144. The standard InChI is InChI=1S/C52H70N12O5S/c1-31-45(70-30-59-31)35-14-10-32(11-15-35)22-56-49(68)43-20-39(65)29-63(43)50(69)46(52(2,3)4)60-48(67)36-16-12-33(13-17-36)25-61(5)26-34-23-57-51(58-24-34)64-37-18-19-38(64)28-62(27-37)42(47(54)55)21-41(53)40-8-6-7-9-44(40)66/h6-11,14-15,21,23-24,30,33,36-39,43,46,65-66H,12-13,16-20,22,25-29,53-55H2,1-5H3,(H,56,68)(H,60,67)/b41-21-/t33?,36?,37?,38?,39-,43+,46-/m1/s1. The van der Waals surface area contributed by atoms with E-state index in [4.69, 9.17) is 27.2 Å². The van der Waals surface area contributed by atoms with Gasteiger partial charge in [0.2, 0.25) is 23.7 Å². The molecule has 1 aliphatic carbocycles. The number of aromatic hydroxyl groups is 1. The number of carbonyl (C=O) groups is 3. The van der Waals surface area contributed by atoms with Gasteiger partial charge in [0.05, 0.1) is 27.9 Å². The number of aliphatic hydroxyl groups is 1. The molecule has 4 aromatic rings. The molecule has 0 radical (unpaired) electrons. The number of rotatable bonds is 15. The van der Waals surface area contributed by atoms with Crippen molar-refractivity contribution >= 4 is 40.7 Å². The highest BCUT2D eigenvalue weighted by atomic mass is 32.1. The summed E-state index contributed by atoms with van der Waals surface area (Å²) in [6.45, 7) is 10.9. The molecule has 3 amide bonds. The van der Waals surface area contributed by atoms with Crippen molar-refractivity contribution in [3.63, 3.8) is 0 Å². The number of carbonyl (C=O) groups excluding carboxylic acids is 3. The summed E-state index contributed by atoms with van der Waals surface area (Å²) in [5, 5.41) is 27.1. The summed E-state index contributed by atoms with van der Waals surface area (Å²) in [5.41, 5.74) is 25.5. The SMILES string of the molecule is Cc1ncsc1-c1ccc(CNC(=O)[C@@H]2C[C@@H](O)CN2C(=O)[C@@H](NC(=O)C2CCC(CN(C)Cc3cnc(N4C5CCC4CN(C(/C=C(\N)c4ccccc4O)=C(N)N)C5)nc3)CC2)C(C)(C)C)cc1. The number of hydrogen-bond donors (Lipinski definition) is 7. The number of piperazine rings is 1. The number of phenols is 1. The van der Waals surface area contributed by atoms with Crippen molar-refractivity contribution < 1.29 is 24.6 Å². The van der Waals surface area contributed by atoms with E-state index >= 15 is 0 Å². The van der Waals surface area contributed by atoms with Gasteiger partial charge in [0.25, 0.3) is 0 Å². The molecule has 4 aliphatic rings. The molecule has 18 heteroatoms. The first-order chi connectivity index (χ1) is 33.4. The van der Waals surface area contributed by atoms with Crippen molar-refractivity contribution in [1.29, 1.82) is 0 Å². The van der Waals surface area contributed by atoms with Crippen LogP contribution < -0.4 is 32.7 Å². The zero-order valence-corrected chi connectivity index (χ0v) is 41.9. The first-order valence-corrected chi connectivity index (χ1v) is 25.4.